The molecule has 1 saturated heterocycles. The SMILES string of the molecule is CN=C(NCc1cn(C)nc1C(F)(F)F)N1CC(=O)N(C(C)C)C(C)(C)C1.I. The number of nitrogens with one attached hydrogen (secondary N) is 1. The summed E-state index contributed by atoms with van der Waals surface area (Å²) in [6, 6.07) is 0.0642. The Morgan fingerprint density at radius 2 is 2.00 bits per heavy atom. The van der Waals surface area contributed by atoms with Gasteiger partial charge in [0.15, 0.2) is 11.7 Å². The van der Waals surface area contributed by atoms with Crippen molar-refractivity contribution >= 4 is 35.8 Å². The summed E-state index contributed by atoms with van der Waals surface area (Å²) in [6.07, 6.45) is -3.20. The molecule has 0 aromatic carbocycles. The van der Waals surface area contributed by atoms with Crippen LogP contribution in [-0.2, 0) is 24.6 Å². The lowest BCUT2D eigenvalue weighted by molar-refractivity contribution is -0.145. The Morgan fingerprint density at radius 3 is 2.46 bits per heavy atom. The summed E-state index contributed by atoms with van der Waals surface area (Å²) >= 11 is 0. The Morgan fingerprint density at radius 1 is 1.39 bits per heavy atom. The molecule has 1 N–H and O–H groups in total. The number of piperazine rings is 1. The van der Waals surface area contributed by atoms with Gasteiger partial charge in [0, 0.05) is 45.0 Å². The Bertz CT molecular complexity index is 729. The highest BCUT2D eigenvalue weighted by Crippen LogP contribution is 2.30. The first-order chi connectivity index (χ1) is 12.4. The maximum Gasteiger partial charge on any atom is 0.435 e. The smallest absolute Gasteiger partial charge is 0.352 e. The molecule has 0 spiro atoms. The van der Waals surface area contributed by atoms with Gasteiger partial charge in [0.2, 0.25) is 5.91 Å². The van der Waals surface area contributed by atoms with Gasteiger partial charge in [-0.1, -0.05) is 0 Å². The molecule has 11 heteroatoms. The number of carbonyl (C=O) groups excluding carboxylic acids is 1. The Hall–Kier alpha value is -1.53. The van der Waals surface area contributed by atoms with E-state index in [0.29, 0.717) is 12.5 Å². The quantitative estimate of drug-likeness (QED) is 0.381. The summed E-state index contributed by atoms with van der Waals surface area (Å²) in [5, 5.41) is 6.44. The van der Waals surface area contributed by atoms with Crippen molar-refractivity contribution in [2.45, 2.75) is 52.0 Å². The summed E-state index contributed by atoms with van der Waals surface area (Å²) in [4.78, 5) is 20.3. The topological polar surface area (TPSA) is 65.8 Å². The Kier molecular flexibility index (Phi) is 7.76. The fourth-order valence-electron chi connectivity index (χ4n) is 3.73. The van der Waals surface area contributed by atoms with Crippen molar-refractivity contribution in [1.29, 1.82) is 0 Å². The zero-order valence-electron chi connectivity index (χ0n) is 17.0. The van der Waals surface area contributed by atoms with Crippen molar-refractivity contribution in [2.24, 2.45) is 12.0 Å². The number of hydrogen-bond donors (Lipinski definition) is 1. The predicted molar refractivity (Wildman–Crippen MR) is 111 cm³/mol. The lowest BCUT2D eigenvalue weighted by atomic mass is 9.96. The number of carbonyl (C=O) groups is 1. The van der Waals surface area contributed by atoms with Crippen LogP contribution in [0.15, 0.2) is 11.2 Å². The average Bonchev–Trinajstić information content (AvgIpc) is 2.87. The second kappa shape index (κ2) is 8.87. The second-order valence-electron chi connectivity index (χ2n) is 7.60. The number of rotatable bonds is 3. The van der Waals surface area contributed by atoms with Crippen LogP contribution in [0.3, 0.4) is 0 Å². The van der Waals surface area contributed by atoms with Crippen LogP contribution in [-0.4, -0.2) is 63.2 Å². The summed E-state index contributed by atoms with van der Waals surface area (Å²) in [5.74, 6) is 0.346. The van der Waals surface area contributed by atoms with Gasteiger partial charge < -0.3 is 15.1 Å². The number of aromatic nitrogens is 2. The number of amides is 1. The van der Waals surface area contributed by atoms with Crippen LogP contribution in [0.1, 0.15) is 39.0 Å². The van der Waals surface area contributed by atoms with E-state index in [-0.39, 0.29) is 54.6 Å². The van der Waals surface area contributed by atoms with Crippen LogP contribution in [0.5, 0.6) is 0 Å². The lowest BCUT2D eigenvalue weighted by Gasteiger charge is -2.49. The first-order valence-corrected chi connectivity index (χ1v) is 8.74. The molecule has 1 aliphatic heterocycles. The third-order valence-corrected chi connectivity index (χ3v) is 4.46. The molecular formula is C17H28F3IN6O. The van der Waals surface area contributed by atoms with Gasteiger partial charge in [0.05, 0.1) is 12.1 Å². The van der Waals surface area contributed by atoms with Crippen LogP contribution < -0.4 is 5.32 Å². The molecule has 0 bridgehead atoms. The van der Waals surface area contributed by atoms with Gasteiger partial charge in [0.1, 0.15) is 0 Å². The number of aryl methyl sites for hydroxylation is 1. The fraction of sp³-hybridized carbons (Fsp3) is 0.706. The minimum atomic E-state index is -4.53. The molecule has 1 amide bonds. The highest BCUT2D eigenvalue weighted by atomic mass is 127. The highest BCUT2D eigenvalue weighted by Gasteiger charge is 2.41. The van der Waals surface area contributed by atoms with Crippen molar-refractivity contribution in [3.05, 3.63) is 17.5 Å². The van der Waals surface area contributed by atoms with Crippen LogP contribution in [0, 0.1) is 0 Å². The molecule has 1 aromatic heterocycles. The summed E-state index contributed by atoms with van der Waals surface area (Å²) in [5.41, 5.74) is -1.32. The average molecular weight is 516 g/mol. The van der Waals surface area contributed by atoms with Crippen molar-refractivity contribution in [3.63, 3.8) is 0 Å². The van der Waals surface area contributed by atoms with Crippen LogP contribution in [0.2, 0.25) is 0 Å². The van der Waals surface area contributed by atoms with E-state index in [1.807, 2.05) is 32.6 Å². The first kappa shape index (κ1) is 24.5. The van der Waals surface area contributed by atoms with Crippen molar-refractivity contribution in [3.8, 4) is 0 Å². The summed E-state index contributed by atoms with van der Waals surface area (Å²) < 4.78 is 40.4. The van der Waals surface area contributed by atoms with Gasteiger partial charge in [-0.05, 0) is 27.7 Å². The number of hydrogen-bond acceptors (Lipinski definition) is 3. The zero-order chi connectivity index (χ0) is 20.6. The summed E-state index contributed by atoms with van der Waals surface area (Å²) in [7, 11) is 2.99. The predicted octanol–water partition coefficient (Wildman–Crippen LogP) is 2.46. The minimum Gasteiger partial charge on any atom is -0.352 e. The van der Waals surface area contributed by atoms with Crippen LogP contribution in [0.25, 0.3) is 0 Å². The van der Waals surface area contributed by atoms with Gasteiger partial charge in [-0.15, -0.1) is 24.0 Å². The van der Waals surface area contributed by atoms with Gasteiger partial charge >= 0.3 is 6.18 Å². The van der Waals surface area contributed by atoms with Gasteiger partial charge in [-0.2, -0.15) is 18.3 Å². The summed E-state index contributed by atoms with van der Waals surface area (Å²) in [6.45, 7) is 8.41. The monoisotopic (exact) mass is 516 g/mol. The molecule has 1 aliphatic rings. The third kappa shape index (κ3) is 5.29. The third-order valence-electron chi connectivity index (χ3n) is 4.46. The van der Waals surface area contributed by atoms with Gasteiger partial charge in [-0.3, -0.25) is 14.5 Å². The molecule has 0 radical (unpaired) electrons. The van der Waals surface area contributed by atoms with Gasteiger partial charge in [0.25, 0.3) is 0 Å². The molecule has 7 nitrogen and oxygen atoms in total. The number of guanidine groups is 1. The van der Waals surface area contributed by atoms with E-state index >= 15 is 0 Å². The molecule has 0 atom stereocenters. The lowest BCUT2D eigenvalue weighted by Crippen LogP contribution is -2.66. The molecule has 2 rings (SSSR count). The van der Waals surface area contributed by atoms with E-state index in [9.17, 15) is 18.0 Å². The normalized spacial score (nSPS) is 17.8. The van der Waals surface area contributed by atoms with E-state index in [2.05, 4.69) is 15.4 Å². The second-order valence-corrected chi connectivity index (χ2v) is 7.60. The van der Waals surface area contributed by atoms with Crippen molar-refractivity contribution in [2.75, 3.05) is 20.1 Å². The number of alkyl halides is 3. The first-order valence-electron chi connectivity index (χ1n) is 8.74. The van der Waals surface area contributed by atoms with E-state index in [1.165, 1.54) is 13.2 Å². The molecule has 28 heavy (non-hydrogen) atoms. The van der Waals surface area contributed by atoms with E-state index in [4.69, 9.17) is 0 Å². The number of halogens is 4. The maximum atomic E-state index is 13.1. The molecule has 1 fully saturated rings. The molecule has 0 aliphatic carbocycles. The van der Waals surface area contributed by atoms with Crippen LogP contribution >= 0.6 is 24.0 Å². The zero-order valence-corrected chi connectivity index (χ0v) is 19.3. The maximum absolute atomic E-state index is 13.1. The Balaban J connectivity index is 0.00000392. The van der Waals surface area contributed by atoms with Crippen molar-refractivity contribution < 1.29 is 18.0 Å². The van der Waals surface area contributed by atoms with E-state index in [0.717, 1.165) is 4.68 Å². The number of aliphatic imine (C=N–C) groups is 1. The number of nitrogens with zero attached hydrogens (tertiary/aromatic N) is 5. The molecule has 1 aromatic rings. The standard InChI is InChI=1S/C17H27F3N6O.HI/c1-11(2)26-13(27)9-25(10-16(26,3)4)15(21-5)22-7-12-8-24(6)23-14(12)17(18,19)20;/h8,11H,7,9-10H2,1-6H3,(H,21,22);1H. The fourth-order valence-corrected chi connectivity index (χ4v) is 3.73. The van der Waals surface area contributed by atoms with Gasteiger partial charge in [-0.25, -0.2) is 0 Å². The van der Waals surface area contributed by atoms with Crippen molar-refractivity contribution in [1.82, 2.24) is 24.9 Å². The molecular weight excluding hydrogens is 488 g/mol. The van der Waals surface area contributed by atoms with E-state index in [1.54, 1.807) is 11.9 Å². The molecule has 2 heterocycles. The molecule has 0 saturated carbocycles. The highest BCUT2D eigenvalue weighted by molar-refractivity contribution is 14.0. The minimum absolute atomic E-state index is 0. The Labute approximate surface area is 180 Å². The molecule has 0 unspecified atom stereocenters. The largest absolute Gasteiger partial charge is 0.435 e. The molecule has 160 valence electrons. The van der Waals surface area contributed by atoms with Crippen LogP contribution in [0.4, 0.5) is 13.2 Å². The van der Waals surface area contributed by atoms with E-state index < -0.39 is 17.4 Å².